The van der Waals surface area contributed by atoms with Crippen LogP contribution >= 0.6 is 11.6 Å². The number of ether oxygens (including phenoxy) is 2. The molecule has 23 heavy (non-hydrogen) atoms. The first-order valence-corrected chi connectivity index (χ1v) is 7.04. The first-order valence-electron chi connectivity index (χ1n) is 6.66. The Labute approximate surface area is 139 Å². The van der Waals surface area contributed by atoms with Crippen molar-refractivity contribution in [3.63, 3.8) is 0 Å². The van der Waals surface area contributed by atoms with Crippen LogP contribution in [0.5, 0.6) is 11.5 Å². The first-order chi connectivity index (χ1) is 11.1. The molecule has 0 N–H and O–H groups in total. The van der Waals surface area contributed by atoms with E-state index in [-0.39, 0.29) is 0 Å². The maximum Gasteiger partial charge on any atom is 0.162 e. The third-order valence-corrected chi connectivity index (χ3v) is 3.55. The van der Waals surface area contributed by atoms with Crippen molar-refractivity contribution in [2.24, 2.45) is 0 Å². The van der Waals surface area contributed by atoms with Gasteiger partial charge in [0.05, 0.1) is 42.5 Å². The van der Waals surface area contributed by atoms with Crippen LogP contribution in [0.4, 0.5) is 0 Å². The molecule has 0 heterocycles. The lowest BCUT2D eigenvalue weighted by Crippen LogP contribution is -1.92. The normalized spacial score (nSPS) is 10.6. The van der Waals surface area contributed by atoms with Crippen LogP contribution in [0.1, 0.15) is 16.7 Å². The average molecular weight is 325 g/mol. The Hall–Kier alpha value is -2.95. The van der Waals surface area contributed by atoms with Crippen molar-refractivity contribution < 1.29 is 9.47 Å². The highest BCUT2D eigenvalue weighted by Crippen LogP contribution is 2.34. The first kappa shape index (κ1) is 16.4. The zero-order chi connectivity index (χ0) is 16.8. The largest absolute Gasteiger partial charge is 0.493 e. The molecule has 0 amide bonds. The molecule has 0 fully saturated rings. The number of halogens is 1. The minimum atomic E-state index is 0.399. The lowest BCUT2D eigenvalue weighted by Gasteiger charge is -2.10. The highest BCUT2D eigenvalue weighted by molar-refractivity contribution is 6.32. The maximum absolute atomic E-state index is 9.42. The lowest BCUT2D eigenvalue weighted by atomic mass is 10.0. The molecule has 2 aromatic carbocycles. The number of methoxy groups -OCH3 is 2. The van der Waals surface area contributed by atoms with Crippen molar-refractivity contribution in [1.82, 2.24) is 0 Å². The zero-order valence-corrected chi connectivity index (χ0v) is 13.4. The van der Waals surface area contributed by atoms with Crippen molar-refractivity contribution in [3.05, 3.63) is 58.1 Å². The van der Waals surface area contributed by atoms with Gasteiger partial charge in [-0.15, -0.1) is 0 Å². The molecule has 0 aliphatic carbocycles. The molecular formula is C18H13ClN2O2. The second kappa shape index (κ2) is 7.35. The van der Waals surface area contributed by atoms with E-state index in [1.165, 1.54) is 14.2 Å². The molecule has 4 nitrogen and oxygen atoms in total. The van der Waals surface area contributed by atoms with E-state index in [1.54, 1.807) is 42.5 Å². The van der Waals surface area contributed by atoms with Crippen LogP contribution < -0.4 is 9.47 Å². The van der Waals surface area contributed by atoms with Crippen LogP contribution in [0.25, 0.3) is 11.6 Å². The molecule has 0 atom stereocenters. The molecule has 0 spiro atoms. The summed E-state index contributed by atoms with van der Waals surface area (Å²) in [5, 5.41) is 18.8. The summed E-state index contributed by atoms with van der Waals surface area (Å²) in [6.45, 7) is 0. The Balaban J connectivity index is 2.54. The summed E-state index contributed by atoms with van der Waals surface area (Å²) in [5.41, 5.74) is 2.17. The van der Waals surface area contributed by atoms with E-state index < -0.39 is 0 Å². The van der Waals surface area contributed by atoms with Crippen molar-refractivity contribution in [3.8, 4) is 23.6 Å². The predicted octanol–water partition coefficient (Wildman–Crippen LogP) is 4.29. The third kappa shape index (κ3) is 3.63. The summed E-state index contributed by atoms with van der Waals surface area (Å²) >= 11 is 6.24. The van der Waals surface area contributed by atoms with Gasteiger partial charge in [-0.2, -0.15) is 10.5 Å². The van der Waals surface area contributed by atoms with E-state index in [0.717, 1.165) is 0 Å². The Kier molecular flexibility index (Phi) is 5.25. The molecule has 0 aliphatic heterocycles. The fourth-order valence-electron chi connectivity index (χ4n) is 2.07. The van der Waals surface area contributed by atoms with E-state index in [1.807, 2.05) is 0 Å². The summed E-state index contributed by atoms with van der Waals surface area (Å²) in [6, 6.07) is 14.4. The van der Waals surface area contributed by atoms with Crippen molar-refractivity contribution >= 4 is 23.3 Å². The Morgan fingerprint density at radius 3 is 2.39 bits per heavy atom. The number of hydrogen-bond donors (Lipinski definition) is 0. The Morgan fingerprint density at radius 1 is 1.09 bits per heavy atom. The minimum Gasteiger partial charge on any atom is -0.493 e. The summed E-state index contributed by atoms with van der Waals surface area (Å²) in [5.74, 6) is 1.03. The Bertz CT molecular complexity index is 845. The number of nitriles is 2. The van der Waals surface area contributed by atoms with Crippen LogP contribution in [0.2, 0.25) is 5.02 Å². The molecule has 0 radical (unpaired) electrons. The van der Waals surface area contributed by atoms with E-state index in [4.69, 9.17) is 26.3 Å². The number of nitrogens with zero attached hydrogens (tertiary/aromatic N) is 2. The summed E-state index contributed by atoms with van der Waals surface area (Å²) in [4.78, 5) is 0. The van der Waals surface area contributed by atoms with Crippen LogP contribution in [0.15, 0.2) is 36.4 Å². The molecule has 114 valence electrons. The summed E-state index contributed by atoms with van der Waals surface area (Å²) in [6.07, 6.45) is 1.65. The van der Waals surface area contributed by atoms with Gasteiger partial charge < -0.3 is 9.47 Å². The highest BCUT2D eigenvalue weighted by Gasteiger charge is 2.10. The van der Waals surface area contributed by atoms with Crippen LogP contribution in [-0.4, -0.2) is 14.2 Å². The molecule has 2 aromatic rings. The minimum absolute atomic E-state index is 0.399. The fourth-order valence-corrected chi connectivity index (χ4v) is 2.28. The monoisotopic (exact) mass is 324 g/mol. The standard InChI is InChI=1S/C18H13ClN2O2/c1-22-17-8-14(16(19)9-18(17)23-2)7-15(11-21)13-5-3-4-12(6-13)10-20/h3-9H,1-2H3. The second-order valence-electron chi connectivity index (χ2n) is 4.59. The van der Waals surface area contributed by atoms with Gasteiger partial charge in [-0.3, -0.25) is 0 Å². The second-order valence-corrected chi connectivity index (χ2v) is 5.00. The van der Waals surface area contributed by atoms with Crippen LogP contribution in [-0.2, 0) is 0 Å². The van der Waals surface area contributed by atoms with Gasteiger partial charge in [-0.1, -0.05) is 23.7 Å². The highest BCUT2D eigenvalue weighted by atomic mass is 35.5. The van der Waals surface area contributed by atoms with E-state index in [0.29, 0.717) is 38.8 Å². The van der Waals surface area contributed by atoms with E-state index >= 15 is 0 Å². The van der Waals surface area contributed by atoms with Gasteiger partial charge in [0.1, 0.15) is 0 Å². The molecule has 0 unspecified atom stereocenters. The van der Waals surface area contributed by atoms with Gasteiger partial charge >= 0.3 is 0 Å². The summed E-state index contributed by atoms with van der Waals surface area (Å²) < 4.78 is 10.4. The van der Waals surface area contributed by atoms with Crippen LogP contribution in [0.3, 0.4) is 0 Å². The average Bonchev–Trinajstić information content (AvgIpc) is 2.60. The number of allylic oxidation sites excluding steroid dienone is 1. The molecule has 0 aliphatic rings. The van der Waals surface area contributed by atoms with Crippen molar-refractivity contribution in [2.45, 2.75) is 0 Å². The van der Waals surface area contributed by atoms with Gasteiger partial charge in [0.2, 0.25) is 0 Å². The fraction of sp³-hybridized carbons (Fsp3) is 0.111. The quantitative estimate of drug-likeness (QED) is 0.621. The molecule has 0 saturated heterocycles. The molecule has 2 rings (SSSR count). The number of benzene rings is 2. The predicted molar refractivity (Wildman–Crippen MR) is 89.2 cm³/mol. The third-order valence-electron chi connectivity index (χ3n) is 3.23. The summed E-state index contributed by atoms with van der Waals surface area (Å²) in [7, 11) is 3.05. The topological polar surface area (TPSA) is 66.0 Å². The number of rotatable bonds is 4. The molecular weight excluding hydrogens is 312 g/mol. The molecule has 0 bridgehead atoms. The number of hydrogen-bond acceptors (Lipinski definition) is 4. The molecule has 5 heteroatoms. The SMILES string of the molecule is COc1cc(Cl)c(C=C(C#N)c2cccc(C#N)c2)cc1OC. The molecule has 0 saturated carbocycles. The lowest BCUT2D eigenvalue weighted by molar-refractivity contribution is 0.355. The van der Waals surface area contributed by atoms with Gasteiger partial charge in [-0.25, -0.2) is 0 Å². The Morgan fingerprint density at radius 2 is 1.78 bits per heavy atom. The van der Waals surface area contributed by atoms with Crippen LogP contribution in [0, 0.1) is 22.7 Å². The maximum atomic E-state index is 9.42. The van der Waals surface area contributed by atoms with Gasteiger partial charge in [0.25, 0.3) is 0 Å². The van der Waals surface area contributed by atoms with Gasteiger partial charge in [0, 0.05) is 6.07 Å². The van der Waals surface area contributed by atoms with E-state index in [2.05, 4.69) is 12.1 Å². The van der Waals surface area contributed by atoms with Gasteiger partial charge in [0.15, 0.2) is 11.5 Å². The van der Waals surface area contributed by atoms with Crippen molar-refractivity contribution in [2.75, 3.05) is 14.2 Å². The zero-order valence-electron chi connectivity index (χ0n) is 12.6. The van der Waals surface area contributed by atoms with Gasteiger partial charge in [-0.05, 0) is 35.4 Å². The van der Waals surface area contributed by atoms with E-state index in [9.17, 15) is 5.26 Å². The molecule has 0 aromatic heterocycles. The smallest absolute Gasteiger partial charge is 0.162 e. The van der Waals surface area contributed by atoms with Crippen molar-refractivity contribution in [1.29, 1.82) is 10.5 Å².